The summed E-state index contributed by atoms with van der Waals surface area (Å²) < 4.78 is 5.64. The van der Waals surface area contributed by atoms with Gasteiger partial charge in [-0.15, -0.1) is 0 Å². The highest BCUT2D eigenvalue weighted by atomic mass is 35.5. The van der Waals surface area contributed by atoms with Crippen molar-refractivity contribution in [2.75, 3.05) is 26.3 Å². The molecule has 1 aliphatic rings. The zero-order valence-corrected chi connectivity index (χ0v) is 13.3. The van der Waals surface area contributed by atoms with Crippen molar-refractivity contribution in [3.8, 4) is 0 Å². The molecule has 116 valence electrons. The van der Waals surface area contributed by atoms with Gasteiger partial charge in [-0.25, -0.2) is 0 Å². The summed E-state index contributed by atoms with van der Waals surface area (Å²) in [6.07, 6.45) is 5.89. The Labute approximate surface area is 132 Å². The van der Waals surface area contributed by atoms with Crippen LogP contribution < -0.4 is 0 Å². The second kappa shape index (κ2) is 9.06. The van der Waals surface area contributed by atoms with E-state index in [9.17, 15) is 4.79 Å². The summed E-state index contributed by atoms with van der Waals surface area (Å²) >= 11 is 5.85. The van der Waals surface area contributed by atoms with Gasteiger partial charge in [0.15, 0.2) is 0 Å². The molecule has 0 aromatic heterocycles. The number of carbonyl (C=O) groups is 1. The predicted octanol–water partition coefficient (Wildman–Crippen LogP) is 3.69. The van der Waals surface area contributed by atoms with Gasteiger partial charge < -0.3 is 9.64 Å². The third kappa shape index (κ3) is 6.06. The topological polar surface area (TPSA) is 29.5 Å². The van der Waals surface area contributed by atoms with Crippen molar-refractivity contribution in [2.24, 2.45) is 0 Å². The van der Waals surface area contributed by atoms with E-state index in [-0.39, 0.29) is 0 Å². The molecule has 1 aromatic carbocycles. The van der Waals surface area contributed by atoms with E-state index in [0.29, 0.717) is 5.91 Å². The summed E-state index contributed by atoms with van der Waals surface area (Å²) in [6.45, 7) is 3.28. The molecule has 1 aliphatic heterocycles. The fourth-order valence-corrected chi connectivity index (χ4v) is 2.71. The molecule has 4 heteroatoms. The van der Waals surface area contributed by atoms with E-state index in [4.69, 9.17) is 16.3 Å². The smallest absolute Gasteiger partial charge is 0.222 e. The van der Waals surface area contributed by atoms with Gasteiger partial charge in [-0.1, -0.05) is 23.7 Å². The van der Waals surface area contributed by atoms with Gasteiger partial charge in [-0.05, 0) is 49.8 Å². The number of amides is 1. The average Bonchev–Trinajstić information content (AvgIpc) is 2.50. The minimum Gasteiger partial charge on any atom is -0.381 e. The van der Waals surface area contributed by atoms with Crippen LogP contribution in [-0.2, 0) is 16.0 Å². The molecule has 0 N–H and O–H groups in total. The number of benzene rings is 1. The maximum atomic E-state index is 11.6. The molecule has 1 aromatic rings. The zero-order valence-electron chi connectivity index (χ0n) is 12.5. The minimum atomic E-state index is 0.309. The van der Waals surface area contributed by atoms with Crippen LogP contribution >= 0.6 is 11.6 Å². The second-order valence-corrected chi connectivity index (χ2v) is 5.97. The lowest BCUT2D eigenvalue weighted by Crippen LogP contribution is -2.36. The molecule has 0 saturated carbocycles. The highest BCUT2D eigenvalue weighted by Gasteiger charge is 2.16. The molecule has 1 saturated heterocycles. The Morgan fingerprint density at radius 1 is 1.10 bits per heavy atom. The number of rotatable bonds is 8. The number of carbonyl (C=O) groups excluding carboxylic acids is 1. The van der Waals surface area contributed by atoms with Gasteiger partial charge in [0.05, 0.1) is 0 Å². The van der Waals surface area contributed by atoms with Gasteiger partial charge in [0, 0.05) is 37.7 Å². The summed E-state index contributed by atoms with van der Waals surface area (Å²) in [5.74, 6) is 0.309. The Bertz CT molecular complexity index is 433. The summed E-state index contributed by atoms with van der Waals surface area (Å²) in [4.78, 5) is 13.6. The van der Waals surface area contributed by atoms with Crippen LogP contribution in [0.2, 0.25) is 5.02 Å². The zero-order chi connectivity index (χ0) is 14.9. The Balaban J connectivity index is 1.48. The lowest BCUT2D eigenvalue weighted by atomic mass is 10.1. The van der Waals surface area contributed by atoms with Crippen LogP contribution in [-0.4, -0.2) is 37.1 Å². The molecular formula is C17H24ClNO2. The maximum Gasteiger partial charge on any atom is 0.222 e. The molecule has 21 heavy (non-hydrogen) atoms. The largest absolute Gasteiger partial charge is 0.381 e. The molecule has 0 aliphatic carbocycles. The van der Waals surface area contributed by atoms with Crippen molar-refractivity contribution >= 4 is 17.5 Å². The molecule has 0 unspecified atom stereocenters. The van der Waals surface area contributed by atoms with E-state index in [1.54, 1.807) is 0 Å². The third-order valence-corrected chi connectivity index (χ3v) is 4.06. The Morgan fingerprint density at radius 2 is 1.86 bits per heavy atom. The van der Waals surface area contributed by atoms with Crippen molar-refractivity contribution in [2.45, 2.75) is 38.5 Å². The van der Waals surface area contributed by atoms with E-state index in [1.807, 2.05) is 17.0 Å². The van der Waals surface area contributed by atoms with Crippen LogP contribution in [0.3, 0.4) is 0 Å². The van der Waals surface area contributed by atoms with Crippen molar-refractivity contribution in [3.63, 3.8) is 0 Å². The molecule has 1 fully saturated rings. The number of piperidine rings is 1. The lowest BCUT2D eigenvalue weighted by Gasteiger charge is -2.26. The van der Waals surface area contributed by atoms with E-state index in [0.717, 1.165) is 69.9 Å². The first kappa shape index (κ1) is 16.3. The van der Waals surface area contributed by atoms with E-state index >= 15 is 0 Å². The third-order valence-electron chi connectivity index (χ3n) is 3.81. The number of hydrogen-bond donors (Lipinski definition) is 0. The molecule has 0 spiro atoms. The van der Waals surface area contributed by atoms with Crippen LogP contribution in [0.25, 0.3) is 0 Å². The normalized spacial score (nSPS) is 15.5. The number of hydrogen-bond acceptors (Lipinski definition) is 2. The van der Waals surface area contributed by atoms with Gasteiger partial charge in [0.2, 0.25) is 5.91 Å². The molecule has 1 heterocycles. The van der Waals surface area contributed by atoms with Crippen molar-refractivity contribution in [3.05, 3.63) is 34.9 Å². The van der Waals surface area contributed by atoms with Crippen LogP contribution in [0.5, 0.6) is 0 Å². The van der Waals surface area contributed by atoms with Crippen LogP contribution in [0.15, 0.2) is 24.3 Å². The monoisotopic (exact) mass is 309 g/mol. The van der Waals surface area contributed by atoms with Crippen LogP contribution in [0.1, 0.15) is 37.7 Å². The summed E-state index contributed by atoms with van der Waals surface area (Å²) in [5.41, 5.74) is 1.29. The van der Waals surface area contributed by atoms with E-state index in [2.05, 4.69) is 12.1 Å². The predicted molar refractivity (Wildman–Crippen MR) is 85.6 cm³/mol. The van der Waals surface area contributed by atoms with Crippen molar-refractivity contribution in [1.82, 2.24) is 4.90 Å². The molecule has 0 atom stereocenters. The van der Waals surface area contributed by atoms with Crippen LogP contribution in [0.4, 0.5) is 0 Å². The number of halogens is 1. The Morgan fingerprint density at radius 3 is 2.62 bits per heavy atom. The summed E-state index contributed by atoms with van der Waals surface area (Å²) in [6, 6.07) is 7.97. The van der Waals surface area contributed by atoms with Crippen molar-refractivity contribution in [1.29, 1.82) is 0 Å². The highest BCUT2D eigenvalue weighted by Crippen LogP contribution is 2.12. The van der Waals surface area contributed by atoms with E-state index in [1.165, 1.54) is 5.56 Å². The lowest BCUT2D eigenvalue weighted by molar-refractivity contribution is -0.133. The Hall–Kier alpha value is -1.06. The van der Waals surface area contributed by atoms with Gasteiger partial charge in [-0.3, -0.25) is 4.79 Å². The molecule has 1 amide bonds. The van der Waals surface area contributed by atoms with Gasteiger partial charge in [0.25, 0.3) is 0 Å². The molecule has 3 nitrogen and oxygen atoms in total. The number of likely N-dealkylation sites (tertiary alicyclic amines) is 1. The second-order valence-electron chi connectivity index (χ2n) is 5.53. The van der Waals surface area contributed by atoms with Gasteiger partial charge in [-0.2, -0.15) is 0 Å². The fourth-order valence-electron chi connectivity index (χ4n) is 2.59. The quantitative estimate of drug-likeness (QED) is 0.685. The molecule has 0 bridgehead atoms. The highest BCUT2D eigenvalue weighted by molar-refractivity contribution is 6.30. The molecular weight excluding hydrogens is 286 g/mol. The fraction of sp³-hybridized carbons (Fsp3) is 0.588. The summed E-state index contributed by atoms with van der Waals surface area (Å²) in [5, 5.41) is 0.780. The van der Waals surface area contributed by atoms with Gasteiger partial charge >= 0.3 is 0 Å². The standard InChI is InChI=1S/C17H24ClNO2/c18-16-9-7-15(8-10-16)5-3-13-21-14-4-12-19-11-2-1-6-17(19)20/h7-10H,1-6,11-14H2. The van der Waals surface area contributed by atoms with Crippen LogP contribution in [0, 0.1) is 0 Å². The average molecular weight is 310 g/mol. The number of ether oxygens (including phenoxy) is 1. The minimum absolute atomic E-state index is 0.309. The van der Waals surface area contributed by atoms with Crippen molar-refractivity contribution < 1.29 is 9.53 Å². The number of nitrogens with zero attached hydrogens (tertiary/aromatic N) is 1. The first-order valence-corrected chi connectivity index (χ1v) is 8.23. The first-order chi connectivity index (χ1) is 10.3. The first-order valence-electron chi connectivity index (χ1n) is 7.85. The number of aryl methyl sites for hydroxylation is 1. The SMILES string of the molecule is O=C1CCCCN1CCCOCCCc1ccc(Cl)cc1. The van der Waals surface area contributed by atoms with E-state index < -0.39 is 0 Å². The summed E-state index contributed by atoms with van der Waals surface area (Å²) in [7, 11) is 0. The Kier molecular flexibility index (Phi) is 7.04. The molecule has 2 rings (SSSR count). The molecule has 0 radical (unpaired) electrons. The van der Waals surface area contributed by atoms with Gasteiger partial charge in [0.1, 0.15) is 0 Å². The maximum absolute atomic E-state index is 11.6.